The minimum Gasteiger partial charge on any atom is -0.870 e. The maximum atomic E-state index is 14.6. The first-order valence-electron chi connectivity index (χ1n) is 37.4. The average molecular weight is 1820 g/mol. The van der Waals surface area contributed by atoms with Crippen molar-refractivity contribution in [2.45, 2.75) is 90.4 Å². The van der Waals surface area contributed by atoms with Gasteiger partial charge in [-0.1, -0.05) is 169 Å². The number of fused-ring (bicyclic) bond motifs is 5. The third-order valence-corrected chi connectivity index (χ3v) is 20.5. The number of unbranched alkanes of at least 4 members (excludes halogenated alkanes) is 1. The van der Waals surface area contributed by atoms with Crippen molar-refractivity contribution in [1.29, 1.82) is 0 Å². The molecule has 616 valence electrons. The SMILES string of the molecule is CCOC(=O)c1ccc(-c2ccc(Cl)cc2)cc1.CCOC(=O)c1ccc(I)cc1.C[C@@H]1CC(=O)[C@@H](N(C)C(=O)[C@H](CCCCN)CC(=O)c2ccc(-c3ccc(Cl)cc3)cc2)c2ccc(O)c(c2)-c2cc(ccc2O)C[C@@H](C(=O)N[C@@H](C)C(=O)C2CO2)NC1=O.O=C(O)c1ccc(-c2ccc(Cl)cc2)cc1.OB(O)c1ccc(Cl)cc1.[Na+].[OH-]. The van der Waals surface area contributed by atoms with E-state index in [-0.39, 0.29) is 113 Å². The number of carbonyl (C=O) groups excluding carboxylic acids is 8. The number of hydrogen-bond acceptors (Lipinski definition) is 18. The van der Waals surface area contributed by atoms with Gasteiger partial charge in [-0.3, -0.25) is 28.8 Å². The number of Topliss-reactive ketones (excluding diaryl/α,β-unsaturated/α-hetero) is 3. The van der Waals surface area contributed by atoms with E-state index in [2.05, 4.69) is 33.2 Å². The number of rotatable bonds is 22. The normalized spacial score (nSPS) is 14.8. The Labute approximate surface area is 746 Å². The Morgan fingerprint density at radius 3 is 1.44 bits per heavy atom. The Balaban J connectivity index is 0.000000300. The summed E-state index contributed by atoms with van der Waals surface area (Å²) < 4.78 is 15.9. The van der Waals surface area contributed by atoms with Crippen molar-refractivity contribution < 1.29 is 118 Å². The predicted molar refractivity (Wildman–Crippen MR) is 465 cm³/mol. The number of epoxide rings is 1. The number of aromatic carboxylic acids is 1. The summed E-state index contributed by atoms with van der Waals surface area (Å²) in [5.74, 6) is -6.51. The molecule has 0 saturated carbocycles. The summed E-state index contributed by atoms with van der Waals surface area (Å²) >= 11 is 25.4. The van der Waals surface area contributed by atoms with Crippen molar-refractivity contribution in [1.82, 2.24) is 15.5 Å². The van der Waals surface area contributed by atoms with Crippen molar-refractivity contribution in [3.05, 3.63) is 288 Å². The molecule has 6 atom stereocenters. The number of likely N-dealkylation sites (N-methyl/N-ethyl adjacent to an activating group) is 1. The molecule has 1 saturated heterocycles. The first-order chi connectivity index (χ1) is 55.9. The zero-order valence-electron chi connectivity index (χ0n) is 66.0. The fourth-order valence-corrected chi connectivity index (χ4v) is 13.1. The van der Waals surface area contributed by atoms with Crippen LogP contribution in [0.5, 0.6) is 11.5 Å². The Kier molecular flexibility index (Phi) is 40.1. The molecule has 1 unspecified atom stereocenters. The number of ketones is 3. The standard InChI is InChI=1S/C47H51ClN4O9.C15H13ClO2.C13H9ClO2.C9H9IO2.C6H6BClO2.Na.H2O/c1-26-20-41(56)43(52(3)47(60)33(6-4-5-19-49)24-40(55)31-10-8-29(9-11-31)30-12-15-34(48)16-13-30)32-14-18-39(54)36(23-32)35-21-28(7-17-38(35)53)22-37(51-45(26)58)46(59)50-27(2)44(57)42-25-61-42;1-2-18-15(17)13-5-3-11(4-6-13)12-7-9-14(16)10-8-12;14-12-7-5-10(6-8-12)9-1-3-11(4-2-9)13(15)16;1-2-12-9(11)7-3-5-8(10)6-4-7;8-6-3-1-5(2-4-6)7(9)10;;/h7-18,21,23,26-27,33,37,42-43,53-54H,4-6,19-20,22,24-25,49H2,1-3H3,(H,50,59)(H,51,58);3-10H,2H2,1H3;1-8H,(H,15,16);3-6H,2H2,1H3;1-4,9-10H;;1H2/q;;;;;+1;/p-1/t26-,27+,33-,37+,42?,43+;;;;;;/m1....../s1. The summed E-state index contributed by atoms with van der Waals surface area (Å²) in [6, 6.07) is 62.7. The molecule has 10 N–H and O–H groups in total. The molecular weight excluding hydrogens is 1730 g/mol. The quantitative estimate of drug-likeness (QED) is 0.00780. The molecule has 22 nitrogen and oxygen atoms in total. The molecule has 2 heterocycles. The van der Waals surface area contributed by atoms with Crippen LogP contribution in [0.25, 0.3) is 44.5 Å². The number of ether oxygens (including phenoxy) is 3. The maximum Gasteiger partial charge on any atom is 1.00 e. The van der Waals surface area contributed by atoms with Crippen LogP contribution in [0.3, 0.4) is 0 Å². The van der Waals surface area contributed by atoms with Gasteiger partial charge in [-0.05, 0) is 234 Å². The van der Waals surface area contributed by atoms with Crippen molar-refractivity contribution in [3.63, 3.8) is 0 Å². The smallest absolute Gasteiger partial charge is 0.870 e. The second kappa shape index (κ2) is 48.6. The van der Waals surface area contributed by atoms with Crippen LogP contribution in [0.1, 0.15) is 118 Å². The summed E-state index contributed by atoms with van der Waals surface area (Å²) in [4.78, 5) is 118. The molecule has 0 aromatic heterocycles. The van der Waals surface area contributed by atoms with Crippen LogP contribution in [0.4, 0.5) is 0 Å². The summed E-state index contributed by atoms with van der Waals surface area (Å²) in [7, 11) is 0.0671. The van der Waals surface area contributed by atoms with Gasteiger partial charge >= 0.3 is 54.6 Å². The second-order valence-corrected chi connectivity index (χ2v) is 30.3. The Hall–Kier alpha value is -9.62. The summed E-state index contributed by atoms with van der Waals surface area (Å²) in [6.45, 7) is 8.12. The van der Waals surface area contributed by atoms with Gasteiger partial charge in [0.05, 0.1) is 42.6 Å². The number of phenols is 2. The van der Waals surface area contributed by atoms with Crippen LogP contribution in [0.15, 0.2) is 231 Å². The zero-order chi connectivity index (χ0) is 85.0. The second-order valence-electron chi connectivity index (χ2n) is 27.3. The van der Waals surface area contributed by atoms with Gasteiger partial charge in [-0.2, -0.15) is 0 Å². The number of esters is 2. The van der Waals surface area contributed by atoms with Crippen LogP contribution in [0, 0.1) is 15.4 Å². The van der Waals surface area contributed by atoms with E-state index in [4.69, 9.17) is 81.5 Å². The Bertz CT molecular complexity index is 5060. The number of phenolic OH excluding ortho intramolecular Hbond substituents is 2. The minimum atomic E-state index is -1.41. The molecule has 2 aliphatic heterocycles. The maximum absolute atomic E-state index is 14.6. The van der Waals surface area contributed by atoms with Gasteiger partial charge in [0.15, 0.2) is 17.3 Å². The molecule has 2 aliphatic rings. The number of carbonyl (C=O) groups is 9. The molecule has 0 radical (unpaired) electrons. The number of aromatic hydroxyl groups is 2. The Morgan fingerprint density at radius 2 is 1.01 bits per heavy atom. The molecule has 119 heavy (non-hydrogen) atoms. The minimum absolute atomic E-state index is 0. The molecule has 0 aliphatic carbocycles. The number of nitrogens with one attached hydrogen (secondary N) is 2. The average Bonchev–Trinajstić information content (AvgIpc) is 1.04. The van der Waals surface area contributed by atoms with Crippen LogP contribution in [-0.2, 0) is 44.6 Å². The summed E-state index contributed by atoms with van der Waals surface area (Å²) in [5, 5.41) is 56.2. The number of hydrogen-bond donors (Lipinski definition) is 8. The molecule has 12 rings (SSSR count). The first-order valence-corrected chi connectivity index (χ1v) is 40.0. The van der Waals surface area contributed by atoms with Crippen molar-refractivity contribution >= 4 is 135 Å². The van der Waals surface area contributed by atoms with E-state index in [1.807, 2.05) is 97.1 Å². The molecule has 10 aromatic rings. The van der Waals surface area contributed by atoms with E-state index in [0.717, 1.165) is 37.0 Å². The van der Waals surface area contributed by atoms with Crippen LogP contribution in [0.2, 0.25) is 20.1 Å². The number of benzene rings is 10. The van der Waals surface area contributed by atoms with Crippen LogP contribution < -0.4 is 51.4 Å². The largest absolute Gasteiger partial charge is 1.00 e. The van der Waals surface area contributed by atoms with Crippen molar-refractivity contribution in [2.75, 3.05) is 33.4 Å². The van der Waals surface area contributed by atoms with Gasteiger partial charge < -0.3 is 66.3 Å². The molecule has 29 heteroatoms. The topological polar surface area (TPSA) is 369 Å². The van der Waals surface area contributed by atoms with Gasteiger partial charge in [0, 0.05) is 78.5 Å². The number of nitrogens with two attached hydrogens (primary N) is 1. The molecule has 1 fully saturated rings. The number of carboxylic acid groups (broad SMARTS) is 1. The fraction of sp³-hybridized carbons (Fsp3) is 0.233. The van der Waals surface area contributed by atoms with E-state index in [1.54, 1.807) is 123 Å². The number of nitrogens with zero attached hydrogens (tertiary/aromatic N) is 1. The van der Waals surface area contributed by atoms with Gasteiger partial charge in [-0.25, -0.2) is 14.4 Å². The van der Waals surface area contributed by atoms with E-state index < -0.39 is 72.7 Å². The van der Waals surface area contributed by atoms with Crippen LogP contribution >= 0.6 is 69.0 Å². The van der Waals surface area contributed by atoms with E-state index >= 15 is 0 Å². The molecule has 0 spiro atoms. The fourth-order valence-electron chi connectivity index (χ4n) is 12.3. The van der Waals surface area contributed by atoms with Crippen molar-refractivity contribution in [2.24, 2.45) is 17.6 Å². The van der Waals surface area contributed by atoms with Gasteiger partial charge in [-0.15, -0.1) is 0 Å². The molecule has 4 bridgehead atoms. The number of carboxylic acids is 1. The summed E-state index contributed by atoms with van der Waals surface area (Å²) in [6.07, 6.45) is 0.340. The number of amides is 3. The molecule has 3 amide bonds. The summed E-state index contributed by atoms with van der Waals surface area (Å²) in [5.41, 5.74) is 15.2. The van der Waals surface area contributed by atoms with Crippen molar-refractivity contribution in [3.8, 4) is 56.0 Å². The van der Waals surface area contributed by atoms with Gasteiger partial charge in [0.1, 0.15) is 29.7 Å². The third kappa shape index (κ3) is 29.9. The molecular formula is C90H89BCl4IN4NaO18. The molecule has 10 aromatic carbocycles. The van der Waals surface area contributed by atoms with Crippen LogP contribution in [-0.4, -0.2) is 147 Å². The van der Waals surface area contributed by atoms with E-state index in [9.17, 15) is 53.4 Å². The zero-order valence-corrected chi connectivity index (χ0v) is 73.2. The third-order valence-electron chi connectivity index (χ3n) is 18.8. The van der Waals surface area contributed by atoms with Gasteiger partial charge in [0.25, 0.3) is 0 Å². The first kappa shape index (κ1) is 98.2. The monoisotopic (exact) mass is 1810 g/mol. The Morgan fingerprint density at radius 1 is 0.597 bits per heavy atom. The van der Waals surface area contributed by atoms with E-state index in [0.29, 0.717) is 92.4 Å². The predicted octanol–water partition coefficient (Wildman–Crippen LogP) is 12.9. The van der Waals surface area contributed by atoms with E-state index in [1.165, 1.54) is 50.1 Å². The van der Waals surface area contributed by atoms with Gasteiger partial charge in [0.2, 0.25) is 17.7 Å². The number of halogens is 5.